The van der Waals surface area contributed by atoms with E-state index < -0.39 is 0 Å². The molecule has 0 heterocycles. The van der Waals surface area contributed by atoms with Crippen molar-refractivity contribution in [2.24, 2.45) is 5.41 Å². The lowest BCUT2D eigenvalue weighted by Crippen LogP contribution is -2.36. The molecule has 0 saturated heterocycles. The van der Waals surface area contributed by atoms with Gasteiger partial charge in [-0.25, -0.2) is 0 Å². The van der Waals surface area contributed by atoms with Crippen molar-refractivity contribution in [1.82, 2.24) is 10.6 Å². The lowest BCUT2D eigenvalue weighted by molar-refractivity contribution is 0.300. The predicted octanol–water partition coefficient (Wildman–Crippen LogP) is 5.25. The molecule has 0 amide bonds. The van der Waals surface area contributed by atoms with Gasteiger partial charge in [-0.2, -0.15) is 0 Å². The van der Waals surface area contributed by atoms with Crippen LogP contribution in [0.1, 0.15) is 85.5 Å². The average molecular weight is 297 g/mol. The zero-order valence-corrected chi connectivity index (χ0v) is 15.4. The maximum atomic E-state index is 4.17. The zero-order chi connectivity index (χ0) is 16.1. The molecule has 2 N–H and O–H groups in total. The van der Waals surface area contributed by atoms with Crippen LogP contribution in [0.4, 0.5) is 0 Å². The number of allylic oxidation sites excluding steroid dienone is 1. The summed E-state index contributed by atoms with van der Waals surface area (Å²) in [6.45, 7) is 14.4. The predicted molar refractivity (Wildman–Crippen MR) is 96.7 cm³/mol. The molecule has 2 nitrogen and oxygen atoms in total. The molecule has 0 aliphatic carbocycles. The minimum absolute atomic E-state index is 0.302. The minimum Gasteiger partial charge on any atom is -0.386 e. The van der Waals surface area contributed by atoms with E-state index in [2.05, 4.69) is 44.9 Å². The Morgan fingerprint density at radius 3 is 1.86 bits per heavy atom. The van der Waals surface area contributed by atoms with E-state index in [-0.39, 0.29) is 0 Å². The molecule has 21 heavy (non-hydrogen) atoms. The molecule has 0 spiro atoms. The molecule has 0 radical (unpaired) electrons. The standard InChI is InChI=1S/C19H40N2/c1-17(21-18(2)19(3,4)5)15-13-11-9-7-8-10-12-14-16-20-6/h18,20-21H,1,7-16H2,2-6H3. The molecule has 2 heteroatoms. The van der Waals surface area contributed by atoms with E-state index in [1.807, 2.05) is 7.05 Å². The van der Waals surface area contributed by atoms with Crippen molar-refractivity contribution in [3.63, 3.8) is 0 Å². The van der Waals surface area contributed by atoms with Crippen LogP contribution >= 0.6 is 0 Å². The molecule has 0 saturated carbocycles. The van der Waals surface area contributed by atoms with Crippen molar-refractivity contribution in [1.29, 1.82) is 0 Å². The van der Waals surface area contributed by atoms with E-state index in [4.69, 9.17) is 0 Å². The third-order valence-electron chi connectivity index (χ3n) is 4.37. The van der Waals surface area contributed by atoms with Crippen molar-refractivity contribution in [2.45, 2.75) is 91.5 Å². The van der Waals surface area contributed by atoms with Crippen LogP contribution in [0, 0.1) is 5.41 Å². The van der Waals surface area contributed by atoms with Crippen LogP contribution in [0.25, 0.3) is 0 Å². The van der Waals surface area contributed by atoms with Crippen molar-refractivity contribution in [3.05, 3.63) is 12.3 Å². The van der Waals surface area contributed by atoms with E-state index in [1.165, 1.54) is 63.6 Å². The first-order chi connectivity index (χ1) is 9.88. The highest BCUT2D eigenvalue weighted by Crippen LogP contribution is 2.20. The molecular formula is C19H40N2. The highest BCUT2D eigenvalue weighted by atomic mass is 14.9. The summed E-state index contributed by atoms with van der Waals surface area (Å²) < 4.78 is 0. The maximum absolute atomic E-state index is 4.17. The molecule has 0 fully saturated rings. The first-order valence-corrected chi connectivity index (χ1v) is 8.97. The molecule has 0 aliphatic rings. The molecule has 0 bridgehead atoms. The second-order valence-electron chi connectivity index (χ2n) is 7.52. The Labute approximate surface area is 134 Å². The van der Waals surface area contributed by atoms with Gasteiger partial charge in [0.1, 0.15) is 0 Å². The van der Waals surface area contributed by atoms with Crippen molar-refractivity contribution in [2.75, 3.05) is 13.6 Å². The van der Waals surface area contributed by atoms with E-state index in [0.717, 1.165) is 6.42 Å². The summed E-state index contributed by atoms with van der Waals surface area (Å²) in [4.78, 5) is 0. The third-order valence-corrected chi connectivity index (χ3v) is 4.37. The minimum atomic E-state index is 0.302. The van der Waals surface area contributed by atoms with Gasteiger partial charge in [-0.15, -0.1) is 0 Å². The number of nitrogens with one attached hydrogen (secondary N) is 2. The second-order valence-corrected chi connectivity index (χ2v) is 7.52. The normalized spacial score (nSPS) is 13.2. The lowest BCUT2D eigenvalue weighted by atomic mass is 9.88. The van der Waals surface area contributed by atoms with Crippen molar-refractivity contribution < 1.29 is 0 Å². The van der Waals surface area contributed by atoms with Gasteiger partial charge in [0.05, 0.1) is 0 Å². The van der Waals surface area contributed by atoms with Gasteiger partial charge >= 0.3 is 0 Å². The van der Waals surface area contributed by atoms with E-state index in [1.54, 1.807) is 0 Å². The number of hydrogen-bond donors (Lipinski definition) is 2. The van der Waals surface area contributed by atoms with Gasteiger partial charge in [0, 0.05) is 11.7 Å². The molecule has 0 aromatic rings. The summed E-state index contributed by atoms with van der Waals surface area (Å²) in [5.74, 6) is 0. The van der Waals surface area contributed by atoms with E-state index in [9.17, 15) is 0 Å². The summed E-state index contributed by atoms with van der Waals surface area (Å²) >= 11 is 0. The zero-order valence-electron chi connectivity index (χ0n) is 15.4. The monoisotopic (exact) mass is 296 g/mol. The van der Waals surface area contributed by atoms with Crippen LogP contribution in [-0.4, -0.2) is 19.6 Å². The van der Waals surface area contributed by atoms with Crippen LogP contribution < -0.4 is 10.6 Å². The summed E-state index contributed by atoms with van der Waals surface area (Å²) in [6, 6.07) is 0.489. The third kappa shape index (κ3) is 12.9. The van der Waals surface area contributed by atoms with Crippen LogP contribution in [0.3, 0.4) is 0 Å². The van der Waals surface area contributed by atoms with Crippen LogP contribution in [-0.2, 0) is 0 Å². The first-order valence-electron chi connectivity index (χ1n) is 8.97. The molecular weight excluding hydrogens is 256 g/mol. The molecule has 1 atom stereocenters. The smallest absolute Gasteiger partial charge is 0.0278 e. The van der Waals surface area contributed by atoms with Crippen LogP contribution in [0.15, 0.2) is 12.3 Å². The molecule has 0 aromatic carbocycles. The number of hydrogen-bond acceptors (Lipinski definition) is 2. The van der Waals surface area contributed by atoms with Gasteiger partial charge in [0.25, 0.3) is 0 Å². The summed E-state index contributed by atoms with van der Waals surface area (Å²) in [6.07, 6.45) is 12.1. The Balaban J connectivity index is 3.37. The molecule has 1 unspecified atom stereocenters. The SMILES string of the molecule is C=C(CCCCCCCCCCNC)NC(C)C(C)(C)C. The highest BCUT2D eigenvalue weighted by Gasteiger charge is 2.19. The van der Waals surface area contributed by atoms with Gasteiger partial charge in [0.2, 0.25) is 0 Å². The fourth-order valence-electron chi connectivity index (χ4n) is 2.30. The Morgan fingerprint density at radius 1 is 0.905 bits per heavy atom. The van der Waals surface area contributed by atoms with Gasteiger partial charge in [-0.3, -0.25) is 0 Å². The van der Waals surface area contributed by atoms with Gasteiger partial charge in [0.15, 0.2) is 0 Å². The summed E-state index contributed by atoms with van der Waals surface area (Å²) in [5.41, 5.74) is 1.51. The fraction of sp³-hybridized carbons (Fsp3) is 0.895. The van der Waals surface area contributed by atoms with E-state index in [0.29, 0.717) is 11.5 Å². The highest BCUT2D eigenvalue weighted by molar-refractivity contribution is 4.95. The van der Waals surface area contributed by atoms with Gasteiger partial charge < -0.3 is 10.6 Å². The molecule has 0 aromatic heterocycles. The van der Waals surface area contributed by atoms with Gasteiger partial charge in [-0.1, -0.05) is 65.9 Å². The molecule has 126 valence electrons. The fourth-order valence-corrected chi connectivity index (χ4v) is 2.30. The first kappa shape index (κ1) is 20.5. The second kappa shape index (κ2) is 12.1. The summed E-state index contributed by atoms with van der Waals surface area (Å²) in [7, 11) is 2.03. The average Bonchev–Trinajstić information content (AvgIpc) is 2.39. The van der Waals surface area contributed by atoms with Gasteiger partial charge in [-0.05, 0) is 45.2 Å². The Kier molecular flexibility index (Phi) is 11.8. The molecule has 0 rings (SSSR count). The number of rotatable bonds is 13. The Hall–Kier alpha value is -0.500. The van der Waals surface area contributed by atoms with E-state index >= 15 is 0 Å². The maximum Gasteiger partial charge on any atom is 0.0278 e. The topological polar surface area (TPSA) is 24.1 Å². The Morgan fingerprint density at radius 2 is 1.38 bits per heavy atom. The largest absolute Gasteiger partial charge is 0.386 e. The Bertz CT molecular complexity index is 253. The number of unbranched alkanes of at least 4 members (excludes halogenated alkanes) is 7. The van der Waals surface area contributed by atoms with Crippen LogP contribution in [0.2, 0.25) is 0 Å². The lowest BCUT2D eigenvalue weighted by Gasteiger charge is -2.29. The molecule has 0 aliphatic heterocycles. The van der Waals surface area contributed by atoms with Crippen molar-refractivity contribution in [3.8, 4) is 0 Å². The quantitative estimate of drug-likeness (QED) is 0.453. The van der Waals surface area contributed by atoms with Crippen molar-refractivity contribution >= 4 is 0 Å². The van der Waals surface area contributed by atoms with Crippen LogP contribution in [0.5, 0.6) is 0 Å². The summed E-state index contributed by atoms with van der Waals surface area (Å²) in [5, 5.41) is 6.76.